The third-order valence-electron chi connectivity index (χ3n) is 4.23. The van der Waals surface area contributed by atoms with Gasteiger partial charge in [-0.3, -0.25) is 4.90 Å². The van der Waals surface area contributed by atoms with Crippen molar-refractivity contribution in [3.63, 3.8) is 0 Å². The Hall–Kier alpha value is -1.26. The average Bonchev–Trinajstić information content (AvgIpc) is 2.47. The Kier molecular flexibility index (Phi) is 9.86. The van der Waals surface area contributed by atoms with Crippen LogP contribution in [0.4, 0.5) is 4.79 Å². The second kappa shape index (κ2) is 10.5. The maximum Gasteiger partial charge on any atom is 0.410 e. The van der Waals surface area contributed by atoms with Crippen LogP contribution in [0.25, 0.3) is 0 Å². The van der Waals surface area contributed by atoms with Crippen LogP contribution in [-0.2, 0) is 9.53 Å². The quantitative estimate of drug-likeness (QED) is 0.577. The van der Waals surface area contributed by atoms with Gasteiger partial charge in [0, 0.05) is 6.54 Å². The fraction of sp³-hybridized carbons (Fsp3) is 0.882. The number of carboxylic acid groups (broad SMARTS) is 1. The molecule has 0 aliphatic rings. The molecule has 0 saturated heterocycles. The first-order valence-electron chi connectivity index (χ1n) is 8.56. The van der Waals surface area contributed by atoms with Crippen molar-refractivity contribution in [1.82, 2.24) is 4.90 Å². The van der Waals surface area contributed by atoms with Gasteiger partial charge in [-0.25, -0.2) is 9.59 Å². The highest BCUT2D eigenvalue weighted by Crippen LogP contribution is 2.30. The molecule has 0 aliphatic carbocycles. The number of carbonyl (C=O) groups is 2. The molecule has 1 atom stereocenters. The molecular weight excluding hydrogens is 282 g/mol. The second-order valence-corrected chi connectivity index (χ2v) is 6.06. The molecule has 0 bridgehead atoms. The van der Waals surface area contributed by atoms with Gasteiger partial charge >= 0.3 is 12.1 Å². The Balaban J connectivity index is 5.29. The van der Waals surface area contributed by atoms with Gasteiger partial charge in [-0.2, -0.15) is 0 Å². The molecule has 0 unspecified atom stereocenters. The number of ether oxygens (including phenoxy) is 1. The maximum absolute atomic E-state index is 12.4. The summed E-state index contributed by atoms with van der Waals surface area (Å²) in [5, 5.41) is 9.79. The van der Waals surface area contributed by atoms with Crippen LogP contribution in [0.15, 0.2) is 0 Å². The van der Waals surface area contributed by atoms with Gasteiger partial charge in [0.15, 0.2) is 0 Å². The van der Waals surface area contributed by atoms with Crippen LogP contribution in [0, 0.1) is 5.92 Å². The number of hydrogen-bond acceptors (Lipinski definition) is 3. The Morgan fingerprint density at radius 2 is 1.73 bits per heavy atom. The van der Waals surface area contributed by atoms with E-state index in [0.717, 1.165) is 32.1 Å². The lowest BCUT2D eigenvalue weighted by Crippen LogP contribution is -2.60. The lowest BCUT2D eigenvalue weighted by atomic mass is 9.82. The van der Waals surface area contributed by atoms with E-state index in [0.29, 0.717) is 19.6 Å². The van der Waals surface area contributed by atoms with Crippen molar-refractivity contribution in [3.8, 4) is 0 Å². The Morgan fingerprint density at radius 1 is 1.09 bits per heavy atom. The van der Waals surface area contributed by atoms with Crippen LogP contribution in [0.3, 0.4) is 0 Å². The molecule has 0 saturated carbocycles. The number of rotatable bonds is 11. The molecule has 1 amide bonds. The van der Waals surface area contributed by atoms with E-state index in [-0.39, 0.29) is 5.92 Å². The van der Waals surface area contributed by atoms with Gasteiger partial charge in [0.25, 0.3) is 0 Å². The van der Waals surface area contributed by atoms with Gasteiger partial charge in [0.1, 0.15) is 5.54 Å². The average molecular weight is 315 g/mol. The standard InChI is InChI=1S/C17H33NO4/c1-6-9-10-11-12-18(16(21)22-13-7-2)17(8-3,14(4)5)15(19)20/h14H,6-13H2,1-5H3,(H,19,20)/t17-/m0/s1. The zero-order chi connectivity index (χ0) is 17.2. The number of carbonyl (C=O) groups excluding carboxylic acids is 1. The summed E-state index contributed by atoms with van der Waals surface area (Å²) < 4.78 is 5.24. The lowest BCUT2D eigenvalue weighted by Gasteiger charge is -2.42. The highest BCUT2D eigenvalue weighted by molar-refractivity contribution is 5.84. The van der Waals surface area contributed by atoms with Gasteiger partial charge < -0.3 is 9.84 Å². The van der Waals surface area contributed by atoms with Crippen molar-refractivity contribution in [1.29, 1.82) is 0 Å². The minimum atomic E-state index is -1.20. The summed E-state index contributed by atoms with van der Waals surface area (Å²) in [4.78, 5) is 25.8. The van der Waals surface area contributed by atoms with Crippen LogP contribution in [0.1, 0.15) is 73.1 Å². The first-order chi connectivity index (χ1) is 10.4. The fourth-order valence-electron chi connectivity index (χ4n) is 2.84. The van der Waals surface area contributed by atoms with E-state index in [2.05, 4.69) is 6.92 Å². The molecule has 0 fully saturated rings. The predicted octanol–water partition coefficient (Wildman–Crippen LogP) is 4.30. The van der Waals surface area contributed by atoms with Crippen molar-refractivity contribution >= 4 is 12.1 Å². The summed E-state index contributed by atoms with van der Waals surface area (Å²) in [5.41, 5.74) is -1.20. The van der Waals surface area contributed by atoms with E-state index in [4.69, 9.17) is 4.74 Å². The number of hydrogen-bond donors (Lipinski definition) is 1. The summed E-state index contributed by atoms with van der Waals surface area (Å²) in [6.45, 7) is 10.3. The first-order valence-corrected chi connectivity index (χ1v) is 8.56. The van der Waals surface area contributed by atoms with Crippen molar-refractivity contribution in [2.45, 2.75) is 78.7 Å². The Labute approximate surface area is 135 Å². The normalized spacial score (nSPS) is 13.7. The largest absolute Gasteiger partial charge is 0.479 e. The zero-order valence-corrected chi connectivity index (χ0v) is 14.9. The van der Waals surface area contributed by atoms with Crippen LogP contribution in [-0.4, -0.2) is 40.8 Å². The van der Waals surface area contributed by atoms with Crippen molar-refractivity contribution in [2.75, 3.05) is 13.2 Å². The summed E-state index contributed by atoms with van der Waals surface area (Å²) >= 11 is 0. The van der Waals surface area contributed by atoms with Gasteiger partial charge in [0.2, 0.25) is 0 Å². The first kappa shape index (κ1) is 20.7. The SMILES string of the molecule is CCCCCCN(C(=O)OCCC)[C@](CC)(C(=O)O)C(C)C. The summed E-state index contributed by atoms with van der Waals surface area (Å²) in [7, 11) is 0. The second-order valence-electron chi connectivity index (χ2n) is 6.06. The molecule has 22 heavy (non-hydrogen) atoms. The van der Waals surface area contributed by atoms with Crippen LogP contribution < -0.4 is 0 Å². The molecule has 0 aromatic rings. The monoisotopic (exact) mass is 315 g/mol. The molecule has 0 aliphatic heterocycles. The molecule has 130 valence electrons. The molecule has 0 spiro atoms. The van der Waals surface area contributed by atoms with Crippen LogP contribution in [0.5, 0.6) is 0 Å². The van der Waals surface area contributed by atoms with Gasteiger partial charge in [-0.05, 0) is 25.2 Å². The van der Waals surface area contributed by atoms with E-state index in [1.54, 1.807) is 0 Å². The van der Waals surface area contributed by atoms with E-state index in [1.165, 1.54) is 4.90 Å². The molecule has 0 aromatic carbocycles. The Bertz CT molecular complexity index is 344. The molecule has 0 rings (SSSR count). The van der Waals surface area contributed by atoms with Gasteiger partial charge in [-0.1, -0.05) is 53.9 Å². The Morgan fingerprint density at radius 3 is 2.14 bits per heavy atom. The van der Waals surface area contributed by atoms with E-state index >= 15 is 0 Å². The van der Waals surface area contributed by atoms with Crippen molar-refractivity contribution in [3.05, 3.63) is 0 Å². The lowest BCUT2D eigenvalue weighted by molar-refractivity contribution is -0.154. The molecule has 1 N–H and O–H groups in total. The molecular formula is C17H33NO4. The summed E-state index contributed by atoms with van der Waals surface area (Å²) in [5.74, 6) is -1.13. The van der Waals surface area contributed by atoms with E-state index in [9.17, 15) is 14.7 Å². The number of amides is 1. The predicted molar refractivity (Wildman–Crippen MR) is 88.0 cm³/mol. The number of carboxylic acids is 1. The molecule has 5 heteroatoms. The number of aliphatic carboxylic acids is 1. The van der Waals surface area contributed by atoms with E-state index in [1.807, 2.05) is 27.7 Å². The number of nitrogens with zero attached hydrogens (tertiary/aromatic N) is 1. The molecule has 0 radical (unpaired) electrons. The highest BCUT2D eigenvalue weighted by atomic mass is 16.6. The third kappa shape index (κ3) is 5.18. The third-order valence-corrected chi connectivity index (χ3v) is 4.23. The highest BCUT2D eigenvalue weighted by Gasteiger charge is 2.48. The maximum atomic E-state index is 12.4. The van der Waals surface area contributed by atoms with Crippen molar-refractivity contribution < 1.29 is 19.4 Å². The topological polar surface area (TPSA) is 66.8 Å². The summed E-state index contributed by atoms with van der Waals surface area (Å²) in [6, 6.07) is 0. The van der Waals surface area contributed by atoms with Crippen LogP contribution in [0.2, 0.25) is 0 Å². The minimum absolute atomic E-state index is 0.185. The minimum Gasteiger partial charge on any atom is -0.479 e. The van der Waals surface area contributed by atoms with Crippen LogP contribution >= 0.6 is 0 Å². The van der Waals surface area contributed by atoms with Gasteiger partial charge in [-0.15, -0.1) is 0 Å². The fourth-order valence-corrected chi connectivity index (χ4v) is 2.84. The summed E-state index contributed by atoms with van der Waals surface area (Å²) in [6.07, 6.45) is 4.57. The van der Waals surface area contributed by atoms with E-state index < -0.39 is 17.6 Å². The smallest absolute Gasteiger partial charge is 0.410 e. The van der Waals surface area contributed by atoms with Gasteiger partial charge in [0.05, 0.1) is 6.61 Å². The molecule has 5 nitrogen and oxygen atoms in total. The molecule has 0 aromatic heterocycles. The molecule has 0 heterocycles. The van der Waals surface area contributed by atoms with Crippen molar-refractivity contribution in [2.24, 2.45) is 5.92 Å². The zero-order valence-electron chi connectivity index (χ0n) is 14.9. The number of unbranched alkanes of at least 4 members (excludes halogenated alkanes) is 3.